The summed E-state index contributed by atoms with van der Waals surface area (Å²) in [5.41, 5.74) is 0. The van der Waals surface area contributed by atoms with Gasteiger partial charge in [-0.1, -0.05) is 31.0 Å². The molecule has 5 nitrogen and oxygen atoms in total. The number of hydrogen-bond acceptors (Lipinski definition) is 5. The Morgan fingerprint density at radius 1 is 1.18 bits per heavy atom. The number of carbonyl (C=O) groups excluding carboxylic acids is 1. The molecule has 2 heterocycles. The summed E-state index contributed by atoms with van der Waals surface area (Å²) in [6.45, 7) is 3.02. The monoisotopic (exact) mass is 323 g/mol. The average molecular weight is 323 g/mol. The minimum Gasteiger partial charge on any atom is -0.416 e. The smallest absolute Gasteiger partial charge is 0.277 e. The fraction of sp³-hybridized carbons (Fsp3) is 0.812. The zero-order valence-electron chi connectivity index (χ0n) is 13.3. The second-order valence-electron chi connectivity index (χ2n) is 6.46. The van der Waals surface area contributed by atoms with Gasteiger partial charge in [-0.05, 0) is 39.0 Å². The molecule has 2 aliphatic rings. The molecule has 1 aromatic rings. The summed E-state index contributed by atoms with van der Waals surface area (Å²) in [4.78, 5) is 14.3. The molecule has 22 heavy (non-hydrogen) atoms. The maximum atomic E-state index is 12.3. The van der Waals surface area contributed by atoms with Crippen LogP contribution in [0.1, 0.15) is 70.1 Å². The van der Waals surface area contributed by atoms with Gasteiger partial charge in [0.2, 0.25) is 11.8 Å². The second-order valence-corrected chi connectivity index (χ2v) is 7.39. The highest BCUT2D eigenvalue weighted by Gasteiger charge is 2.25. The normalized spacial score (nSPS) is 23.7. The first kappa shape index (κ1) is 15.8. The van der Waals surface area contributed by atoms with Crippen molar-refractivity contribution in [1.29, 1.82) is 0 Å². The van der Waals surface area contributed by atoms with Crippen molar-refractivity contribution in [3.05, 3.63) is 5.89 Å². The lowest BCUT2D eigenvalue weighted by molar-refractivity contribution is -0.131. The summed E-state index contributed by atoms with van der Waals surface area (Å²) in [5.74, 6) is 1.78. The number of thioether (sulfide) groups is 1. The molecule has 0 aromatic carbocycles. The SMILES string of the molecule is C[C@H]1CCCCN1C(=O)CSc1nnc(C2CCCCC2)o1. The Bertz CT molecular complexity index is 499. The molecule has 6 heteroatoms. The fourth-order valence-electron chi connectivity index (χ4n) is 3.47. The van der Waals surface area contributed by atoms with Crippen molar-refractivity contribution in [3.63, 3.8) is 0 Å². The van der Waals surface area contributed by atoms with Crippen LogP contribution in [0.5, 0.6) is 0 Å². The summed E-state index contributed by atoms with van der Waals surface area (Å²) in [7, 11) is 0. The van der Waals surface area contributed by atoms with Gasteiger partial charge in [0.15, 0.2) is 0 Å². The molecule has 0 N–H and O–H groups in total. The Labute approximate surface area is 136 Å². The second kappa shape index (κ2) is 7.49. The predicted octanol–water partition coefficient (Wildman–Crippen LogP) is 3.61. The van der Waals surface area contributed by atoms with Crippen molar-refractivity contribution in [2.24, 2.45) is 0 Å². The molecule has 1 saturated carbocycles. The fourth-order valence-corrected chi connectivity index (χ4v) is 4.12. The van der Waals surface area contributed by atoms with Gasteiger partial charge in [-0.2, -0.15) is 0 Å². The molecule has 1 aliphatic heterocycles. The van der Waals surface area contributed by atoms with Gasteiger partial charge in [-0.3, -0.25) is 4.79 Å². The van der Waals surface area contributed by atoms with Gasteiger partial charge in [-0.15, -0.1) is 10.2 Å². The van der Waals surface area contributed by atoms with Crippen LogP contribution in [0.25, 0.3) is 0 Å². The van der Waals surface area contributed by atoms with E-state index in [1.807, 2.05) is 4.90 Å². The summed E-state index contributed by atoms with van der Waals surface area (Å²) >= 11 is 1.38. The van der Waals surface area contributed by atoms with Crippen LogP contribution in [0, 0.1) is 0 Å². The van der Waals surface area contributed by atoms with Crippen molar-refractivity contribution >= 4 is 17.7 Å². The Balaban J connectivity index is 1.51. The molecule has 0 unspecified atom stereocenters. The van der Waals surface area contributed by atoms with Crippen molar-refractivity contribution in [2.75, 3.05) is 12.3 Å². The summed E-state index contributed by atoms with van der Waals surface area (Å²) in [5, 5.41) is 8.83. The van der Waals surface area contributed by atoms with Crippen molar-refractivity contribution in [3.8, 4) is 0 Å². The molecule has 1 aromatic heterocycles. The van der Waals surface area contributed by atoms with E-state index in [9.17, 15) is 4.79 Å². The predicted molar refractivity (Wildman–Crippen MR) is 85.9 cm³/mol. The van der Waals surface area contributed by atoms with Crippen molar-refractivity contribution < 1.29 is 9.21 Å². The van der Waals surface area contributed by atoms with Gasteiger partial charge in [0.05, 0.1) is 5.75 Å². The Hall–Kier alpha value is -1.04. The van der Waals surface area contributed by atoms with Crippen molar-refractivity contribution in [2.45, 2.75) is 75.5 Å². The number of likely N-dealkylation sites (tertiary alicyclic amines) is 1. The highest BCUT2D eigenvalue weighted by Crippen LogP contribution is 2.33. The van der Waals surface area contributed by atoms with E-state index in [1.54, 1.807) is 0 Å². The molecule has 3 rings (SSSR count). The van der Waals surface area contributed by atoms with Crippen LogP contribution in [-0.2, 0) is 4.79 Å². The number of hydrogen-bond donors (Lipinski definition) is 0. The van der Waals surface area contributed by atoms with Gasteiger partial charge >= 0.3 is 0 Å². The van der Waals surface area contributed by atoms with Gasteiger partial charge in [0, 0.05) is 18.5 Å². The number of nitrogens with zero attached hydrogens (tertiary/aromatic N) is 3. The van der Waals surface area contributed by atoms with Crippen LogP contribution in [-0.4, -0.2) is 39.3 Å². The first-order chi connectivity index (χ1) is 10.7. The van der Waals surface area contributed by atoms with Crippen molar-refractivity contribution in [1.82, 2.24) is 15.1 Å². The molecule has 1 amide bonds. The molecule has 122 valence electrons. The van der Waals surface area contributed by atoms with E-state index in [-0.39, 0.29) is 5.91 Å². The van der Waals surface area contributed by atoms with E-state index in [1.165, 1.54) is 37.4 Å². The van der Waals surface area contributed by atoms with E-state index in [4.69, 9.17) is 4.42 Å². The number of rotatable bonds is 4. The lowest BCUT2D eigenvalue weighted by Gasteiger charge is -2.33. The van der Waals surface area contributed by atoms with Crippen LogP contribution in [0.15, 0.2) is 9.64 Å². The summed E-state index contributed by atoms with van der Waals surface area (Å²) in [6.07, 6.45) is 9.58. The molecule has 0 radical (unpaired) electrons. The third-order valence-electron chi connectivity index (χ3n) is 4.82. The largest absolute Gasteiger partial charge is 0.416 e. The minimum atomic E-state index is 0.189. The number of amides is 1. The molecule has 2 fully saturated rings. The number of carbonyl (C=O) groups is 1. The zero-order chi connectivity index (χ0) is 15.4. The van der Waals surface area contributed by atoms with Crippen LogP contribution in [0.4, 0.5) is 0 Å². The van der Waals surface area contributed by atoms with E-state index in [2.05, 4.69) is 17.1 Å². The van der Waals surface area contributed by atoms with E-state index >= 15 is 0 Å². The van der Waals surface area contributed by atoms with Crippen LogP contribution >= 0.6 is 11.8 Å². The van der Waals surface area contributed by atoms with Crippen LogP contribution in [0.3, 0.4) is 0 Å². The molecular weight excluding hydrogens is 298 g/mol. The standard InChI is InChI=1S/C16H25N3O2S/c1-12-7-5-6-10-19(12)14(20)11-22-16-18-17-15(21-16)13-8-3-2-4-9-13/h12-13H,2-11H2,1H3/t12-/m0/s1. The first-order valence-corrected chi connectivity index (χ1v) is 9.48. The lowest BCUT2D eigenvalue weighted by atomic mass is 9.89. The molecule has 1 aliphatic carbocycles. The quantitative estimate of drug-likeness (QED) is 0.792. The minimum absolute atomic E-state index is 0.189. The third-order valence-corrected chi connectivity index (χ3v) is 5.62. The zero-order valence-corrected chi connectivity index (χ0v) is 14.1. The Kier molecular flexibility index (Phi) is 5.39. The topological polar surface area (TPSA) is 59.2 Å². The molecular formula is C16H25N3O2S. The van der Waals surface area contributed by atoms with E-state index in [0.29, 0.717) is 22.9 Å². The summed E-state index contributed by atoms with van der Waals surface area (Å²) < 4.78 is 5.76. The number of aromatic nitrogens is 2. The van der Waals surface area contributed by atoms with Crippen LogP contribution in [0.2, 0.25) is 0 Å². The Morgan fingerprint density at radius 2 is 1.95 bits per heavy atom. The molecule has 1 saturated heterocycles. The molecule has 0 bridgehead atoms. The maximum Gasteiger partial charge on any atom is 0.277 e. The highest BCUT2D eigenvalue weighted by atomic mass is 32.2. The van der Waals surface area contributed by atoms with Gasteiger partial charge in [0.25, 0.3) is 5.22 Å². The van der Waals surface area contributed by atoms with E-state index < -0.39 is 0 Å². The number of piperidine rings is 1. The lowest BCUT2D eigenvalue weighted by Crippen LogP contribution is -2.42. The van der Waals surface area contributed by atoms with E-state index in [0.717, 1.165) is 38.1 Å². The Morgan fingerprint density at radius 3 is 2.73 bits per heavy atom. The summed E-state index contributed by atoms with van der Waals surface area (Å²) in [6, 6.07) is 0.363. The molecule has 0 spiro atoms. The van der Waals surface area contributed by atoms with Crippen LogP contribution < -0.4 is 0 Å². The van der Waals surface area contributed by atoms with Gasteiger partial charge < -0.3 is 9.32 Å². The van der Waals surface area contributed by atoms with Gasteiger partial charge in [-0.25, -0.2) is 0 Å². The van der Waals surface area contributed by atoms with Gasteiger partial charge in [0.1, 0.15) is 0 Å². The highest BCUT2D eigenvalue weighted by molar-refractivity contribution is 7.99. The average Bonchev–Trinajstić information content (AvgIpc) is 3.03. The first-order valence-electron chi connectivity index (χ1n) is 8.49. The molecule has 1 atom stereocenters. The maximum absolute atomic E-state index is 12.3. The third kappa shape index (κ3) is 3.83.